The highest BCUT2D eigenvalue weighted by molar-refractivity contribution is 5.98. The smallest absolute Gasteiger partial charge is 0.305 e. The SMILES string of the molecule is CC[C@@](C)(CC(=O)O)NC(=O)c1ccc2cc[nH]c2c1. The molecule has 1 aromatic heterocycles. The number of amides is 1. The molecular weight excluding hydrogens is 256 g/mol. The third-order valence-electron chi connectivity index (χ3n) is 3.55. The second-order valence-electron chi connectivity index (χ2n) is 5.22. The maximum atomic E-state index is 12.2. The molecule has 0 radical (unpaired) electrons. The van der Waals surface area contributed by atoms with Crippen LogP contribution in [0.1, 0.15) is 37.0 Å². The minimum absolute atomic E-state index is 0.0972. The number of carboxylic acids is 1. The number of aromatic nitrogens is 1. The van der Waals surface area contributed by atoms with Crippen molar-refractivity contribution < 1.29 is 14.7 Å². The molecular formula is C15H18N2O3. The van der Waals surface area contributed by atoms with Crippen molar-refractivity contribution in [3.8, 4) is 0 Å². The van der Waals surface area contributed by atoms with E-state index in [-0.39, 0.29) is 12.3 Å². The van der Waals surface area contributed by atoms with Crippen molar-refractivity contribution in [1.29, 1.82) is 0 Å². The zero-order valence-electron chi connectivity index (χ0n) is 11.6. The lowest BCUT2D eigenvalue weighted by molar-refractivity contribution is -0.138. The molecule has 0 bridgehead atoms. The summed E-state index contributed by atoms with van der Waals surface area (Å²) in [6.45, 7) is 3.60. The van der Waals surface area contributed by atoms with Gasteiger partial charge >= 0.3 is 5.97 Å². The predicted octanol–water partition coefficient (Wildman–Crippen LogP) is 2.54. The van der Waals surface area contributed by atoms with Crippen molar-refractivity contribution in [2.45, 2.75) is 32.2 Å². The number of hydrogen-bond donors (Lipinski definition) is 3. The lowest BCUT2D eigenvalue weighted by Gasteiger charge is -2.27. The molecule has 5 heteroatoms. The van der Waals surface area contributed by atoms with Gasteiger partial charge in [0.15, 0.2) is 0 Å². The number of carboxylic acid groups (broad SMARTS) is 1. The van der Waals surface area contributed by atoms with Crippen LogP contribution in [-0.2, 0) is 4.79 Å². The van der Waals surface area contributed by atoms with Gasteiger partial charge in [0, 0.05) is 22.8 Å². The molecule has 20 heavy (non-hydrogen) atoms. The van der Waals surface area contributed by atoms with Gasteiger partial charge in [0.05, 0.1) is 6.42 Å². The molecule has 5 nitrogen and oxygen atoms in total. The molecule has 0 saturated heterocycles. The maximum Gasteiger partial charge on any atom is 0.305 e. The van der Waals surface area contributed by atoms with Gasteiger partial charge in [-0.1, -0.05) is 13.0 Å². The third kappa shape index (κ3) is 2.99. The molecule has 0 aliphatic rings. The fourth-order valence-corrected chi connectivity index (χ4v) is 2.13. The van der Waals surface area contributed by atoms with E-state index in [1.54, 1.807) is 19.1 Å². The summed E-state index contributed by atoms with van der Waals surface area (Å²) in [6, 6.07) is 7.29. The molecule has 1 atom stereocenters. The number of carbonyl (C=O) groups excluding carboxylic acids is 1. The number of H-pyrrole nitrogens is 1. The van der Waals surface area contributed by atoms with Crippen molar-refractivity contribution in [2.24, 2.45) is 0 Å². The topological polar surface area (TPSA) is 82.2 Å². The van der Waals surface area contributed by atoms with E-state index in [0.29, 0.717) is 12.0 Å². The van der Waals surface area contributed by atoms with Gasteiger partial charge < -0.3 is 15.4 Å². The van der Waals surface area contributed by atoms with Gasteiger partial charge in [-0.25, -0.2) is 0 Å². The molecule has 1 amide bonds. The van der Waals surface area contributed by atoms with E-state index in [4.69, 9.17) is 5.11 Å². The average molecular weight is 274 g/mol. The predicted molar refractivity (Wildman–Crippen MR) is 76.7 cm³/mol. The Bertz CT molecular complexity index is 647. The van der Waals surface area contributed by atoms with Gasteiger partial charge in [-0.05, 0) is 36.9 Å². The standard InChI is InChI=1S/C15H18N2O3/c1-3-15(2,9-13(18)19)17-14(20)11-5-4-10-6-7-16-12(10)8-11/h4-8,16H,3,9H2,1-2H3,(H,17,20)(H,18,19)/t15-/m0/s1. The highest BCUT2D eigenvalue weighted by atomic mass is 16.4. The van der Waals surface area contributed by atoms with Crippen LogP contribution in [0.2, 0.25) is 0 Å². The van der Waals surface area contributed by atoms with Crippen LogP contribution >= 0.6 is 0 Å². The fraction of sp³-hybridized carbons (Fsp3) is 0.333. The molecule has 106 valence electrons. The van der Waals surface area contributed by atoms with Crippen molar-refractivity contribution in [2.75, 3.05) is 0 Å². The van der Waals surface area contributed by atoms with Crippen LogP contribution in [0.25, 0.3) is 10.9 Å². The lowest BCUT2D eigenvalue weighted by atomic mass is 9.94. The quantitative estimate of drug-likeness (QED) is 0.783. The van der Waals surface area contributed by atoms with E-state index in [9.17, 15) is 9.59 Å². The molecule has 2 aromatic rings. The van der Waals surface area contributed by atoms with E-state index >= 15 is 0 Å². The molecule has 1 heterocycles. The summed E-state index contributed by atoms with van der Waals surface area (Å²) in [5, 5.41) is 12.8. The van der Waals surface area contributed by atoms with Crippen LogP contribution in [0, 0.1) is 0 Å². The summed E-state index contributed by atoms with van der Waals surface area (Å²) in [6.07, 6.45) is 2.27. The van der Waals surface area contributed by atoms with Gasteiger partial charge in [-0.2, -0.15) is 0 Å². The van der Waals surface area contributed by atoms with E-state index in [0.717, 1.165) is 10.9 Å². The number of fused-ring (bicyclic) bond motifs is 1. The second-order valence-corrected chi connectivity index (χ2v) is 5.22. The third-order valence-corrected chi connectivity index (χ3v) is 3.55. The maximum absolute atomic E-state index is 12.2. The first-order valence-electron chi connectivity index (χ1n) is 6.55. The molecule has 0 aliphatic heterocycles. The number of carbonyl (C=O) groups is 2. The van der Waals surface area contributed by atoms with E-state index in [1.165, 1.54) is 0 Å². The van der Waals surface area contributed by atoms with E-state index in [2.05, 4.69) is 10.3 Å². The lowest BCUT2D eigenvalue weighted by Crippen LogP contribution is -2.47. The van der Waals surface area contributed by atoms with Crippen LogP contribution in [-0.4, -0.2) is 27.5 Å². The van der Waals surface area contributed by atoms with Crippen LogP contribution in [0.3, 0.4) is 0 Å². The van der Waals surface area contributed by atoms with Gasteiger partial charge in [0.25, 0.3) is 5.91 Å². The first-order chi connectivity index (χ1) is 9.43. The van der Waals surface area contributed by atoms with Crippen LogP contribution < -0.4 is 5.32 Å². The fourth-order valence-electron chi connectivity index (χ4n) is 2.13. The minimum Gasteiger partial charge on any atom is -0.481 e. The molecule has 0 saturated carbocycles. The Morgan fingerprint density at radius 2 is 2.10 bits per heavy atom. The minimum atomic E-state index is -0.922. The zero-order chi connectivity index (χ0) is 14.8. The summed E-state index contributed by atoms with van der Waals surface area (Å²) in [5.41, 5.74) is 0.659. The number of hydrogen-bond acceptors (Lipinski definition) is 2. The number of nitrogens with one attached hydrogen (secondary N) is 2. The summed E-state index contributed by atoms with van der Waals surface area (Å²) < 4.78 is 0. The van der Waals surface area contributed by atoms with Crippen molar-refractivity contribution in [1.82, 2.24) is 10.3 Å². The van der Waals surface area contributed by atoms with Crippen molar-refractivity contribution in [3.63, 3.8) is 0 Å². The van der Waals surface area contributed by atoms with E-state index in [1.807, 2.05) is 25.3 Å². The van der Waals surface area contributed by atoms with Gasteiger partial charge in [-0.15, -0.1) is 0 Å². The Labute approximate surface area is 117 Å². The highest BCUT2D eigenvalue weighted by Gasteiger charge is 2.27. The second kappa shape index (κ2) is 5.36. The monoisotopic (exact) mass is 274 g/mol. The van der Waals surface area contributed by atoms with Crippen LogP contribution in [0.5, 0.6) is 0 Å². The number of rotatable bonds is 5. The Morgan fingerprint density at radius 1 is 1.35 bits per heavy atom. The molecule has 0 spiro atoms. The number of benzene rings is 1. The molecule has 1 aromatic carbocycles. The molecule has 2 rings (SSSR count). The first-order valence-corrected chi connectivity index (χ1v) is 6.55. The largest absolute Gasteiger partial charge is 0.481 e. The van der Waals surface area contributed by atoms with Crippen molar-refractivity contribution in [3.05, 3.63) is 36.0 Å². The van der Waals surface area contributed by atoms with Gasteiger partial charge in [0.2, 0.25) is 0 Å². The summed E-state index contributed by atoms with van der Waals surface area (Å²) in [5.74, 6) is -1.18. The molecule has 0 unspecified atom stereocenters. The summed E-state index contributed by atoms with van der Waals surface area (Å²) in [4.78, 5) is 26.2. The normalized spacial score (nSPS) is 13.9. The molecule has 0 aliphatic carbocycles. The Kier molecular flexibility index (Phi) is 3.79. The van der Waals surface area contributed by atoms with Crippen molar-refractivity contribution >= 4 is 22.8 Å². The number of aliphatic carboxylic acids is 1. The average Bonchev–Trinajstić information content (AvgIpc) is 2.84. The van der Waals surface area contributed by atoms with Crippen LogP contribution in [0.15, 0.2) is 30.5 Å². The van der Waals surface area contributed by atoms with E-state index < -0.39 is 11.5 Å². The van der Waals surface area contributed by atoms with Crippen LogP contribution in [0.4, 0.5) is 0 Å². The number of aromatic amines is 1. The Morgan fingerprint density at radius 3 is 2.75 bits per heavy atom. The molecule has 3 N–H and O–H groups in total. The van der Waals surface area contributed by atoms with Gasteiger partial charge in [0.1, 0.15) is 0 Å². The first kappa shape index (κ1) is 14.1. The van der Waals surface area contributed by atoms with Gasteiger partial charge in [-0.3, -0.25) is 9.59 Å². The molecule has 0 fully saturated rings. The Balaban J connectivity index is 2.19. The summed E-state index contributed by atoms with van der Waals surface area (Å²) >= 11 is 0. The zero-order valence-corrected chi connectivity index (χ0v) is 11.6. The highest BCUT2D eigenvalue weighted by Crippen LogP contribution is 2.18. The Hall–Kier alpha value is -2.30. The summed E-state index contributed by atoms with van der Waals surface area (Å²) in [7, 11) is 0.